The van der Waals surface area contributed by atoms with E-state index in [1.165, 1.54) is 6.07 Å². The average molecular weight is 220 g/mol. The minimum atomic E-state index is -0.584. The van der Waals surface area contributed by atoms with E-state index in [9.17, 15) is 14.4 Å². The lowest BCUT2D eigenvalue weighted by Gasteiger charge is -2.00. The fourth-order valence-corrected chi connectivity index (χ4v) is 1.50. The molecule has 0 spiro atoms. The van der Waals surface area contributed by atoms with Gasteiger partial charge in [-0.05, 0) is 12.0 Å². The molecule has 16 heavy (non-hydrogen) atoms. The van der Waals surface area contributed by atoms with Crippen LogP contribution in [0.25, 0.3) is 11.1 Å². The van der Waals surface area contributed by atoms with E-state index < -0.39 is 11.2 Å². The quantitative estimate of drug-likeness (QED) is 0.732. The Balaban J connectivity index is 2.99. The summed E-state index contributed by atoms with van der Waals surface area (Å²) >= 11 is 0. The standard InChI is InChI=1S/C10H8N2O4/c1-2-5-3-7(14)16-10-8(5)9(15)11-6(4-13)12-10/h3-4H,2H2,1H3,(H,11,12,15). The molecule has 2 aromatic heterocycles. The summed E-state index contributed by atoms with van der Waals surface area (Å²) in [7, 11) is 0. The van der Waals surface area contributed by atoms with Crippen LogP contribution in [0, 0.1) is 0 Å². The highest BCUT2D eigenvalue weighted by Gasteiger charge is 2.10. The molecule has 0 aliphatic heterocycles. The molecule has 2 aromatic rings. The molecule has 0 aromatic carbocycles. The second-order valence-electron chi connectivity index (χ2n) is 3.19. The molecule has 6 nitrogen and oxygen atoms in total. The number of aromatic nitrogens is 2. The number of hydrogen-bond donors (Lipinski definition) is 1. The summed E-state index contributed by atoms with van der Waals surface area (Å²) in [5.74, 6) is -0.158. The topological polar surface area (TPSA) is 93.0 Å². The minimum absolute atomic E-state index is 0.102. The van der Waals surface area contributed by atoms with Gasteiger partial charge in [0.2, 0.25) is 5.71 Å². The zero-order valence-corrected chi connectivity index (χ0v) is 8.44. The maximum atomic E-state index is 11.6. The van der Waals surface area contributed by atoms with E-state index >= 15 is 0 Å². The van der Waals surface area contributed by atoms with Gasteiger partial charge < -0.3 is 9.40 Å². The third-order valence-corrected chi connectivity index (χ3v) is 2.21. The highest BCUT2D eigenvalue weighted by Crippen LogP contribution is 2.10. The SMILES string of the molecule is CCc1cc(=O)oc2nc(C=O)[nH]c(=O)c12. The van der Waals surface area contributed by atoms with Crippen molar-refractivity contribution in [3.8, 4) is 0 Å². The molecule has 0 aliphatic rings. The van der Waals surface area contributed by atoms with Gasteiger partial charge >= 0.3 is 5.63 Å². The van der Waals surface area contributed by atoms with Gasteiger partial charge in [0, 0.05) is 6.07 Å². The van der Waals surface area contributed by atoms with E-state index in [4.69, 9.17) is 4.42 Å². The molecule has 2 heterocycles. The number of rotatable bonds is 2. The number of carbonyl (C=O) groups excluding carboxylic acids is 1. The number of hydrogen-bond acceptors (Lipinski definition) is 5. The Hall–Kier alpha value is -2.24. The van der Waals surface area contributed by atoms with Crippen LogP contribution in [0.3, 0.4) is 0 Å². The van der Waals surface area contributed by atoms with Gasteiger partial charge in [0.05, 0.1) is 0 Å². The van der Waals surface area contributed by atoms with Crippen LogP contribution in [-0.2, 0) is 6.42 Å². The molecule has 0 fully saturated rings. The summed E-state index contributed by atoms with van der Waals surface area (Å²) in [6.45, 7) is 1.81. The molecule has 0 radical (unpaired) electrons. The van der Waals surface area contributed by atoms with Crippen molar-refractivity contribution in [2.75, 3.05) is 0 Å². The van der Waals surface area contributed by atoms with Gasteiger partial charge in [-0.15, -0.1) is 0 Å². The summed E-state index contributed by atoms with van der Waals surface area (Å²) < 4.78 is 4.78. The van der Waals surface area contributed by atoms with Crippen LogP contribution >= 0.6 is 0 Å². The highest BCUT2D eigenvalue weighted by atomic mass is 16.4. The van der Waals surface area contributed by atoms with E-state index in [-0.39, 0.29) is 16.9 Å². The van der Waals surface area contributed by atoms with Crippen LogP contribution in [0.1, 0.15) is 23.1 Å². The molecule has 0 atom stereocenters. The van der Waals surface area contributed by atoms with Gasteiger partial charge in [-0.25, -0.2) is 4.79 Å². The largest absolute Gasteiger partial charge is 0.403 e. The number of aryl methyl sites for hydroxylation is 1. The molecule has 1 N–H and O–H groups in total. The number of carbonyl (C=O) groups is 1. The second-order valence-corrected chi connectivity index (χ2v) is 3.19. The molecule has 0 saturated heterocycles. The number of nitrogens with one attached hydrogen (secondary N) is 1. The Morgan fingerprint density at radius 3 is 2.88 bits per heavy atom. The number of fused-ring (bicyclic) bond motifs is 1. The maximum Gasteiger partial charge on any atom is 0.337 e. The fourth-order valence-electron chi connectivity index (χ4n) is 1.50. The van der Waals surface area contributed by atoms with E-state index in [0.717, 1.165) is 0 Å². The van der Waals surface area contributed by atoms with Crippen LogP contribution in [0.15, 0.2) is 20.1 Å². The summed E-state index contributed by atoms with van der Waals surface area (Å²) in [5.41, 5.74) is -0.611. The molecular weight excluding hydrogens is 212 g/mol. The molecule has 0 amide bonds. The molecule has 0 bridgehead atoms. The number of aldehydes is 1. The Bertz CT molecular complexity index is 669. The van der Waals surface area contributed by atoms with Gasteiger partial charge in [0.1, 0.15) is 5.39 Å². The highest BCUT2D eigenvalue weighted by molar-refractivity contribution is 5.79. The Kier molecular flexibility index (Phi) is 2.40. The van der Waals surface area contributed by atoms with Crippen molar-refractivity contribution in [1.29, 1.82) is 0 Å². The van der Waals surface area contributed by atoms with Crippen molar-refractivity contribution in [3.05, 3.63) is 38.2 Å². The number of H-pyrrole nitrogens is 1. The van der Waals surface area contributed by atoms with Crippen LogP contribution < -0.4 is 11.2 Å². The van der Waals surface area contributed by atoms with Gasteiger partial charge in [-0.1, -0.05) is 6.92 Å². The summed E-state index contributed by atoms with van der Waals surface area (Å²) in [5, 5.41) is 0.215. The smallest absolute Gasteiger partial charge is 0.337 e. The van der Waals surface area contributed by atoms with E-state index in [1.54, 1.807) is 6.92 Å². The van der Waals surface area contributed by atoms with Crippen molar-refractivity contribution in [2.45, 2.75) is 13.3 Å². The van der Waals surface area contributed by atoms with Gasteiger partial charge in [-0.2, -0.15) is 4.98 Å². The first-order chi connectivity index (χ1) is 7.65. The Morgan fingerprint density at radius 1 is 1.50 bits per heavy atom. The molecule has 6 heteroatoms. The number of aromatic amines is 1. The first-order valence-electron chi connectivity index (χ1n) is 4.68. The first-order valence-corrected chi connectivity index (χ1v) is 4.68. The Labute approximate surface area is 88.9 Å². The molecule has 2 rings (SSSR count). The lowest BCUT2D eigenvalue weighted by molar-refractivity contribution is 0.111. The van der Waals surface area contributed by atoms with E-state index in [2.05, 4.69) is 9.97 Å². The average Bonchev–Trinajstić information content (AvgIpc) is 2.26. The van der Waals surface area contributed by atoms with E-state index in [0.29, 0.717) is 18.3 Å². The third kappa shape index (κ3) is 1.54. The van der Waals surface area contributed by atoms with Crippen LogP contribution in [0.5, 0.6) is 0 Å². The zero-order chi connectivity index (χ0) is 11.7. The minimum Gasteiger partial charge on any atom is -0.403 e. The lowest BCUT2D eigenvalue weighted by Crippen LogP contribution is -2.15. The van der Waals surface area contributed by atoms with Crippen molar-refractivity contribution < 1.29 is 9.21 Å². The van der Waals surface area contributed by atoms with Gasteiger partial charge in [0.25, 0.3) is 5.56 Å². The van der Waals surface area contributed by atoms with Crippen molar-refractivity contribution >= 4 is 17.4 Å². The Morgan fingerprint density at radius 2 is 2.25 bits per heavy atom. The number of nitrogens with zero attached hydrogens (tertiary/aromatic N) is 1. The van der Waals surface area contributed by atoms with Crippen LogP contribution in [0.4, 0.5) is 0 Å². The predicted octanol–water partition coefficient (Wildman–Crippen LogP) is 0.251. The van der Waals surface area contributed by atoms with E-state index in [1.807, 2.05) is 0 Å². The molecule has 0 aliphatic carbocycles. The monoisotopic (exact) mass is 220 g/mol. The van der Waals surface area contributed by atoms with Crippen molar-refractivity contribution in [3.63, 3.8) is 0 Å². The molecular formula is C10H8N2O4. The summed E-state index contributed by atoms with van der Waals surface area (Å²) in [6, 6.07) is 1.25. The normalized spacial score (nSPS) is 10.6. The molecule has 82 valence electrons. The van der Waals surface area contributed by atoms with Crippen LogP contribution in [0.2, 0.25) is 0 Å². The van der Waals surface area contributed by atoms with Gasteiger partial charge in [-0.3, -0.25) is 9.59 Å². The van der Waals surface area contributed by atoms with Crippen molar-refractivity contribution in [2.24, 2.45) is 0 Å². The van der Waals surface area contributed by atoms with Crippen LogP contribution in [-0.4, -0.2) is 16.3 Å². The first kappa shape index (κ1) is 10.3. The lowest BCUT2D eigenvalue weighted by atomic mass is 10.1. The van der Waals surface area contributed by atoms with Crippen molar-refractivity contribution in [1.82, 2.24) is 9.97 Å². The second kappa shape index (κ2) is 3.73. The maximum absolute atomic E-state index is 11.6. The molecule has 0 saturated carbocycles. The third-order valence-electron chi connectivity index (χ3n) is 2.21. The summed E-state index contributed by atoms with van der Waals surface area (Å²) in [6.07, 6.45) is 0.896. The van der Waals surface area contributed by atoms with Gasteiger partial charge in [0.15, 0.2) is 12.1 Å². The molecule has 0 unspecified atom stereocenters. The zero-order valence-electron chi connectivity index (χ0n) is 8.44. The summed E-state index contributed by atoms with van der Waals surface area (Å²) in [4.78, 5) is 39.3. The fraction of sp³-hybridized carbons (Fsp3) is 0.200. The predicted molar refractivity (Wildman–Crippen MR) is 55.7 cm³/mol.